The molecule has 1 aromatic carbocycles. The highest BCUT2D eigenvalue weighted by Crippen LogP contribution is 2.32. The van der Waals surface area contributed by atoms with E-state index >= 15 is 0 Å². The molecule has 1 aliphatic rings. The van der Waals surface area contributed by atoms with Crippen LogP contribution in [0.4, 0.5) is 5.95 Å². The van der Waals surface area contributed by atoms with Gasteiger partial charge in [-0.15, -0.1) is 0 Å². The van der Waals surface area contributed by atoms with E-state index in [9.17, 15) is 15.3 Å². The molecule has 4 unspecified atom stereocenters. The fourth-order valence-corrected chi connectivity index (χ4v) is 2.79. The standard InChI is InChI=1S/C16H17N5O5/c17-16-19-12-9(13(20-16)25-6-8-4-2-1-3-5-8)18-7-21(12)14-10(22)11(23)15(24)26-14/h1-5,7,10-11,14-15,22-24H,6H2,(H2,17,19,20). The van der Waals surface area contributed by atoms with Gasteiger partial charge in [-0.2, -0.15) is 9.97 Å². The van der Waals surface area contributed by atoms with Gasteiger partial charge in [0.1, 0.15) is 18.8 Å². The first kappa shape index (κ1) is 16.7. The van der Waals surface area contributed by atoms with Crippen LogP contribution in [0.2, 0.25) is 0 Å². The second kappa shape index (κ2) is 6.50. The maximum Gasteiger partial charge on any atom is 0.247 e. The number of anilines is 1. The number of aromatic nitrogens is 4. The van der Waals surface area contributed by atoms with E-state index in [1.165, 1.54) is 10.9 Å². The van der Waals surface area contributed by atoms with Gasteiger partial charge in [0, 0.05) is 0 Å². The number of fused-ring (bicyclic) bond motifs is 1. The Morgan fingerprint density at radius 3 is 2.58 bits per heavy atom. The first-order valence-corrected chi connectivity index (χ1v) is 7.91. The third-order valence-electron chi connectivity index (χ3n) is 4.11. The molecular weight excluding hydrogens is 342 g/mol. The zero-order chi connectivity index (χ0) is 18.3. The van der Waals surface area contributed by atoms with E-state index in [0.29, 0.717) is 5.52 Å². The molecule has 1 aliphatic heterocycles. The molecule has 0 amide bonds. The van der Waals surface area contributed by atoms with E-state index < -0.39 is 24.7 Å². The van der Waals surface area contributed by atoms with Crippen LogP contribution in [0, 0.1) is 0 Å². The molecule has 10 nitrogen and oxygen atoms in total. The van der Waals surface area contributed by atoms with Gasteiger partial charge in [0.05, 0.1) is 6.33 Å². The smallest absolute Gasteiger partial charge is 0.247 e. The summed E-state index contributed by atoms with van der Waals surface area (Å²) in [4.78, 5) is 12.4. The third-order valence-corrected chi connectivity index (χ3v) is 4.11. The van der Waals surface area contributed by atoms with E-state index in [2.05, 4.69) is 15.0 Å². The molecule has 3 aromatic rings. The van der Waals surface area contributed by atoms with Crippen LogP contribution in [-0.4, -0.2) is 53.3 Å². The Kier molecular flexibility index (Phi) is 4.17. The fraction of sp³-hybridized carbons (Fsp3) is 0.312. The number of imidazole rings is 1. The first-order chi connectivity index (χ1) is 12.5. The number of aliphatic hydroxyl groups is 3. The summed E-state index contributed by atoms with van der Waals surface area (Å²) in [5, 5.41) is 29.3. The number of hydrogen-bond donors (Lipinski definition) is 4. The van der Waals surface area contributed by atoms with Crippen LogP contribution in [0.15, 0.2) is 36.7 Å². The van der Waals surface area contributed by atoms with Crippen molar-refractivity contribution in [2.45, 2.75) is 31.3 Å². The summed E-state index contributed by atoms with van der Waals surface area (Å²) in [5.41, 5.74) is 7.28. The number of rotatable bonds is 4. The van der Waals surface area contributed by atoms with Crippen molar-refractivity contribution in [1.29, 1.82) is 0 Å². The van der Waals surface area contributed by atoms with Gasteiger partial charge in [0.25, 0.3) is 0 Å². The molecule has 1 fully saturated rings. The summed E-state index contributed by atoms with van der Waals surface area (Å²) in [5.74, 6) is 0.139. The molecule has 4 rings (SSSR count). The van der Waals surface area contributed by atoms with E-state index in [4.69, 9.17) is 15.2 Å². The number of aliphatic hydroxyl groups excluding tert-OH is 3. The molecule has 0 bridgehead atoms. The molecule has 0 saturated carbocycles. The molecule has 26 heavy (non-hydrogen) atoms. The van der Waals surface area contributed by atoms with Gasteiger partial charge in [-0.05, 0) is 5.56 Å². The highest BCUT2D eigenvalue weighted by atomic mass is 16.7. The van der Waals surface area contributed by atoms with Crippen molar-refractivity contribution >= 4 is 17.1 Å². The minimum Gasteiger partial charge on any atom is -0.471 e. The predicted molar refractivity (Wildman–Crippen MR) is 88.7 cm³/mol. The molecular formula is C16H17N5O5. The lowest BCUT2D eigenvalue weighted by atomic mass is 10.2. The molecule has 0 aliphatic carbocycles. The van der Waals surface area contributed by atoms with Gasteiger partial charge in [-0.25, -0.2) is 4.98 Å². The number of nitrogens with zero attached hydrogens (tertiary/aromatic N) is 4. The lowest BCUT2D eigenvalue weighted by Gasteiger charge is -2.16. The van der Waals surface area contributed by atoms with E-state index in [1.54, 1.807) is 0 Å². The van der Waals surface area contributed by atoms with Crippen LogP contribution in [-0.2, 0) is 11.3 Å². The summed E-state index contributed by atoms with van der Waals surface area (Å²) >= 11 is 0. The van der Waals surface area contributed by atoms with Gasteiger partial charge >= 0.3 is 0 Å². The van der Waals surface area contributed by atoms with Crippen LogP contribution >= 0.6 is 0 Å². The molecule has 5 N–H and O–H groups in total. The summed E-state index contributed by atoms with van der Waals surface area (Å²) in [6.45, 7) is 0.263. The Bertz CT molecular complexity index is 918. The number of ether oxygens (including phenoxy) is 2. The highest BCUT2D eigenvalue weighted by Gasteiger charge is 2.43. The second-order valence-corrected chi connectivity index (χ2v) is 5.88. The zero-order valence-corrected chi connectivity index (χ0v) is 13.5. The molecule has 2 aromatic heterocycles. The van der Waals surface area contributed by atoms with Crippen LogP contribution in [0.1, 0.15) is 11.8 Å². The third kappa shape index (κ3) is 2.84. The highest BCUT2D eigenvalue weighted by molar-refractivity contribution is 5.77. The fourth-order valence-electron chi connectivity index (χ4n) is 2.79. The van der Waals surface area contributed by atoms with E-state index in [-0.39, 0.29) is 24.1 Å². The minimum absolute atomic E-state index is 0.0455. The van der Waals surface area contributed by atoms with Crippen LogP contribution in [0.3, 0.4) is 0 Å². The lowest BCUT2D eigenvalue weighted by Crippen LogP contribution is -2.31. The summed E-state index contributed by atoms with van der Waals surface area (Å²) in [7, 11) is 0. The zero-order valence-electron chi connectivity index (χ0n) is 13.5. The first-order valence-electron chi connectivity index (χ1n) is 7.91. The quantitative estimate of drug-likeness (QED) is 0.486. The van der Waals surface area contributed by atoms with Crippen LogP contribution in [0.5, 0.6) is 5.88 Å². The monoisotopic (exact) mass is 359 g/mol. The molecule has 1 saturated heterocycles. The molecule has 4 atom stereocenters. The van der Waals surface area contributed by atoms with Gasteiger partial charge in [0.2, 0.25) is 11.8 Å². The minimum atomic E-state index is -1.51. The maximum atomic E-state index is 10.1. The van der Waals surface area contributed by atoms with Crippen LogP contribution in [0.25, 0.3) is 11.2 Å². The van der Waals surface area contributed by atoms with Crippen molar-refractivity contribution in [2.24, 2.45) is 0 Å². The second-order valence-electron chi connectivity index (χ2n) is 5.88. The van der Waals surface area contributed by atoms with Crippen molar-refractivity contribution in [2.75, 3.05) is 5.73 Å². The largest absolute Gasteiger partial charge is 0.471 e. The number of hydrogen-bond acceptors (Lipinski definition) is 9. The summed E-state index contributed by atoms with van der Waals surface area (Å²) in [6, 6.07) is 9.51. The van der Waals surface area contributed by atoms with Crippen LogP contribution < -0.4 is 10.5 Å². The lowest BCUT2D eigenvalue weighted by molar-refractivity contribution is -0.141. The summed E-state index contributed by atoms with van der Waals surface area (Å²) in [6.07, 6.45) is -4.02. The Morgan fingerprint density at radius 1 is 1.12 bits per heavy atom. The Balaban J connectivity index is 1.67. The molecule has 136 valence electrons. The van der Waals surface area contributed by atoms with Crippen molar-refractivity contribution in [3.05, 3.63) is 42.2 Å². The Labute approximate surface area is 147 Å². The SMILES string of the molecule is Nc1nc(OCc2ccccc2)c2ncn(C3OC(O)C(O)C3O)c2n1. The van der Waals surface area contributed by atoms with Crippen molar-refractivity contribution in [3.63, 3.8) is 0 Å². The van der Waals surface area contributed by atoms with Crippen molar-refractivity contribution in [1.82, 2.24) is 19.5 Å². The topological polar surface area (TPSA) is 149 Å². The van der Waals surface area contributed by atoms with E-state index in [1.807, 2.05) is 30.3 Å². The predicted octanol–water partition coefficient (Wildman–Crippen LogP) is -0.444. The number of benzene rings is 1. The number of nitrogens with two attached hydrogens (primary N) is 1. The summed E-state index contributed by atoms with van der Waals surface area (Å²) < 4.78 is 12.3. The van der Waals surface area contributed by atoms with Gasteiger partial charge < -0.3 is 30.5 Å². The maximum absolute atomic E-state index is 10.1. The normalized spacial score (nSPS) is 25.7. The average molecular weight is 359 g/mol. The average Bonchev–Trinajstić information content (AvgIpc) is 3.17. The Hall–Kier alpha value is -2.79. The molecule has 0 spiro atoms. The molecule has 10 heteroatoms. The van der Waals surface area contributed by atoms with Crippen molar-refractivity contribution < 1.29 is 24.8 Å². The molecule has 0 radical (unpaired) electrons. The van der Waals surface area contributed by atoms with Gasteiger partial charge in [-0.3, -0.25) is 4.57 Å². The van der Waals surface area contributed by atoms with E-state index in [0.717, 1.165) is 5.56 Å². The molecule has 3 heterocycles. The van der Waals surface area contributed by atoms with Gasteiger partial charge in [0.15, 0.2) is 23.7 Å². The Morgan fingerprint density at radius 2 is 1.88 bits per heavy atom. The van der Waals surface area contributed by atoms with Gasteiger partial charge in [-0.1, -0.05) is 30.3 Å². The van der Waals surface area contributed by atoms with Crippen molar-refractivity contribution in [3.8, 4) is 5.88 Å². The number of nitrogen functional groups attached to an aromatic ring is 1.